The Labute approximate surface area is 186 Å². The predicted octanol–water partition coefficient (Wildman–Crippen LogP) is 4.28. The Hall–Kier alpha value is -4.18. The van der Waals surface area contributed by atoms with E-state index in [0.29, 0.717) is 36.0 Å². The zero-order valence-electron chi connectivity index (χ0n) is 18.0. The molecular formula is C25H24N2O5. The molecular weight excluding hydrogens is 408 g/mol. The van der Waals surface area contributed by atoms with Gasteiger partial charge in [-0.1, -0.05) is 23.8 Å². The minimum absolute atomic E-state index is 0.0289. The van der Waals surface area contributed by atoms with Crippen LogP contribution in [-0.4, -0.2) is 26.2 Å². The van der Waals surface area contributed by atoms with Gasteiger partial charge in [0.05, 0.1) is 19.9 Å². The van der Waals surface area contributed by atoms with Crippen molar-refractivity contribution in [2.24, 2.45) is 0 Å². The summed E-state index contributed by atoms with van der Waals surface area (Å²) in [5.74, 6) is 1.92. The van der Waals surface area contributed by atoms with E-state index in [-0.39, 0.29) is 12.1 Å². The lowest BCUT2D eigenvalue weighted by Crippen LogP contribution is -2.23. The monoisotopic (exact) mass is 432 g/mol. The molecule has 164 valence electrons. The third-order valence-electron chi connectivity index (χ3n) is 4.50. The second-order valence-electron chi connectivity index (χ2n) is 6.85. The molecule has 3 aromatic rings. The molecule has 1 aromatic heterocycles. The summed E-state index contributed by atoms with van der Waals surface area (Å²) in [6.45, 7) is 2.93. The Kier molecular flexibility index (Phi) is 7.93. The van der Waals surface area contributed by atoms with E-state index < -0.39 is 5.91 Å². The van der Waals surface area contributed by atoms with Crippen LogP contribution >= 0.6 is 0 Å². The molecule has 1 N–H and O–H groups in total. The Morgan fingerprint density at radius 1 is 1.09 bits per heavy atom. The van der Waals surface area contributed by atoms with Crippen LogP contribution in [0.15, 0.2) is 70.9 Å². The summed E-state index contributed by atoms with van der Waals surface area (Å²) in [4.78, 5) is 12.3. The van der Waals surface area contributed by atoms with Crippen LogP contribution in [0, 0.1) is 18.3 Å². The number of hydrogen-bond donors (Lipinski definition) is 1. The molecule has 0 aliphatic heterocycles. The van der Waals surface area contributed by atoms with Gasteiger partial charge >= 0.3 is 0 Å². The van der Waals surface area contributed by atoms with Gasteiger partial charge in [0, 0.05) is 0 Å². The first kappa shape index (κ1) is 22.5. The molecule has 0 radical (unpaired) electrons. The fraction of sp³-hybridized carbons (Fsp3) is 0.200. The Bertz CT molecular complexity index is 1100. The second-order valence-corrected chi connectivity index (χ2v) is 6.85. The van der Waals surface area contributed by atoms with Crippen molar-refractivity contribution in [2.45, 2.75) is 13.5 Å². The first-order valence-corrected chi connectivity index (χ1v) is 10.0. The molecule has 0 atom stereocenters. The molecule has 1 heterocycles. The van der Waals surface area contributed by atoms with Gasteiger partial charge in [-0.05, 0) is 55.0 Å². The van der Waals surface area contributed by atoms with Gasteiger partial charge in [-0.3, -0.25) is 4.79 Å². The number of nitrogens with one attached hydrogen (secondary N) is 1. The van der Waals surface area contributed by atoms with E-state index in [2.05, 4.69) is 5.32 Å². The zero-order valence-corrected chi connectivity index (χ0v) is 18.0. The van der Waals surface area contributed by atoms with E-state index >= 15 is 0 Å². The molecule has 1 amide bonds. The fourth-order valence-electron chi connectivity index (χ4n) is 2.83. The van der Waals surface area contributed by atoms with Crippen LogP contribution in [0.4, 0.5) is 0 Å². The highest BCUT2D eigenvalue weighted by Crippen LogP contribution is 2.29. The standard InChI is InChI=1S/C25H24N2O5/c1-18-5-8-21(9-6-18)31-12-13-32-23-10-7-19(15-24(23)29-2)14-20(16-26)25(28)27-17-22-4-3-11-30-22/h3-11,14-15H,12-13,17H2,1-2H3,(H,27,28)/b20-14+. The van der Waals surface area contributed by atoms with Crippen molar-refractivity contribution < 1.29 is 23.4 Å². The van der Waals surface area contributed by atoms with Crippen molar-refractivity contribution in [3.63, 3.8) is 0 Å². The first-order chi connectivity index (χ1) is 15.6. The molecule has 0 saturated carbocycles. The number of nitriles is 1. The predicted molar refractivity (Wildman–Crippen MR) is 119 cm³/mol. The van der Waals surface area contributed by atoms with Gasteiger partial charge in [0.2, 0.25) is 0 Å². The number of methoxy groups -OCH3 is 1. The molecule has 0 aliphatic carbocycles. The minimum Gasteiger partial charge on any atom is -0.493 e. The number of amides is 1. The molecule has 0 bridgehead atoms. The third kappa shape index (κ3) is 6.41. The molecule has 0 fully saturated rings. The quantitative estimate of drug-likeness (QED) is 0.292. The lowest BCUT2D eigenvalue weighted by Gasteiger charge is -2.12. The molecule has 0 aliphatic rings. The number of carbonyl (C=O) groups is 1. The van der Waals surface area contributed by atoms with Crippen molar-refractivity contribution in [1.29, 1.82) is 5.26 Å². The summed E-state index contributed by atoms with van der Waals surface area (Å²) >= 11 is 0. The van der Waals surface area contributed by atoms with Crippen LogP contribution in [0.3, 0.4) is 0 Å². The maximum absolute atomic E-state index is 12.3. The van der Waals surface area contributed by atoms with Crippen LogP contribution < -0.4 is 19.5 Å². The summed E-state index contributed by atoms with van der Waals surface area (Å²) in [5.41, 5.74) is 1.77. The van der Waals surface area contributed by atoms with Gasteiger partial charge in [-0.2, -0.15) is 5.26 Å². The minimum atomic E-state index is -0.489. The van der Waals surface area contributed by atoms with Crippen LogP contribution in [0.5, 0.6) is 17.2 Å². The van der Waals surface area contributed by atoms with Gasteiger partial charge < -0.3 is 23.9 Å². The Balaban J connectivity index is 1.58. The van der Waals surface area contributed by atoms with Crippen molar-refractivity contribution in [1.82, 2.24) is 5.32 Å². The average molecular weight is 432 g/mol. The highest BCUT2D eigenvalue weighted by atomic mass is 16.5. The van der Waals surface area contributed by atoms with Crippen LogP contribution in [-0.2, 0) is 11.3 Å². The van der Waals surface area contributed by atoms with E-state index in [1.807, 2.05) is 37.3 Å². The van der Waals surface area contributed by atoms with Gasteiger partial charge in [-0.15, -0.1) is 0 Å². The van der Waals surface area contributed by atoms with Crippen molar-refractivity contribution in [2.75, 3.05) is 20.3 Å². The summed E-state index contributed by atoms with van der Waals surface area (Å²) in [6.07, 6.45) is 3.01. The molecule has 0 unspecified atom stereocenters. The van der Waals surface area contributed by atoms with Crippen LogP contribution in [0.2, 0.25) is 0 Å². The number of carbonyl (C=O) groups excluding carboxylic acids is 1. The highest BCUT2D eigenvalue weighted by molar-refractivity contribution is 6.01. The van der Waals surface area contributed by atoms with Crippen LogP contribution in [0.25, 0.3) is 6.08 Å². The smallest absolute Gasteiger partial charge is 0.262 e. The zero-order chi connectivity index (χ0) is 22.8. The third-order valence-corrected chi connectivity index (χ3v) is 4.50. The Morgan fingerprint density at radius 3 is 2.56 bits per heavy atom. The topological polar surface area (TPSA) is 93.7 Å². The van der Waals surface area contributed by atoms with E-state index in [1.54, 1.807) is 30.3 Å². The number of ether oxygens (including phenoxy) is 3. The molecule has 7 heteroatoms. The fourth-order valence-corrected chi connectivity index (χ4v) is 2.83. The van der Waals surface area contributed by atoms with Gasteiger partial charge in [-0.25, -0.2) is 0 Å². The molecule has 32 heavy (non-hydrogen) atoms. The van der Waals surface area contributed by atoms with Gasteiger partial charge in [0.1, 0.15) is 36.4 Å². The number of rotatable bonds is 10. The molecule has 3 rings (SSSR count). The molecule has 0 saturated heterocycles. The first-order valence-electron chi connectivity index (χ1n) is 10.0. The van der Waals surface area contributed by atoms with Crippen molar-refractivity contribution in [3.05, 3.63) is 83.3 Å². The maximum Gasteiger partial charge on any atom is 0.262 e. The summed E-state index contributed by atoms with van der Waals surface area (Å²) in [7, 11) is 1.53. The van der Waals surface area contributed by atoms with E-state index in [1.165, 1.54) is 25.0 Å². The van der Waals surface area contributed by atoms with Gasteiger partial charge in [0.25, 0.3) is 5.91 Å². The average Bonchev–Trinajstić information content (AvgIpc) is 3.34. The normalized spacial score (nSPS) is 10.8. The maximum atomic E-state index is 12.3. The van der Waals surface area contributed by atoms with E-state index in [4.69, 9.17) is 18.6 Å². The number of benzene rings is 2. The molecule has 7 nitrogen and oxygen atoms in total. The van der Waals surface area contributed by atoms with Crippen molar-refractivity contribution in [3.8, 4) is 23.3 Å². The number of aryl methyl sites for hydroxylation is 1. The second kappa shape index (κ2) is 11.3. The van der Waals surface area contributed by atoms with Crippen LogP contribution in [0.1, 0.15) is 16.9 Å². The summed E-state index contributed by atoms with van der Waals surface area (Å²) in [5, 5.41) is 12.0. The lowest BCUT2D eigenvalue weighted by atomic mass is 10.1. The molecule has 0 spiro atoms. The SMILES string of the molecule is COc1cc(/C=C(\C#N)C(=O)NCc2ccco2)ccc1OCCOc1ccc(C)cc1. The number of hydrogen-bond acceptors (Lipinski definition) is 6. The lowest BCUT2D eigenvalue weighted by molar-refractivity contribution is -0.117. The van der Waals surface area contributed by atoms with Gasteiger partial charge in [0.15, 0.2) is 11.5 Å². The summed E-state index contributed by atoms with van der Waals surface area (Å²) in [6, 6.07) is 18.4. The largest absolute Gasteiger partial charge is 0.493 e. The van der Waals surface area contributed by atoms with Crippen molar-refractivity contribution >= 4 is 12.0 Å². The molecule has 2 aromatic carbocycles. The van der Waals surface area contributed by atoms with E-state index in [9.17, 15) is 10.1 Å². The number of nitrogens with zero attached hydrogens (tertiary/aromatic N) is 1. The summed E-state index contributed by atoms with van der Waals surface area (Å²) < 4.78 is 22.0. The van der Waals surface area contributed by atoms with E-state index in [0.717, 1.165) is 5.75 Å². The Morgan fingerprint density at radius 2 is 1.88 bits per heavy atom. The highest BCUT2D eigenvalue weighted by Gasteiger charge is 2.11. The number of furan rings is 1.